The molecule has 0 radical (unpaired) electrons. The molecule has 2 N–H and O–H groups in total. The molecule has 0 amide bonds. The maximum atomic E-state index is 10.6. The van der Waals surface area contributed by atoms with Gasteiger partial charge < -0.3 is 5.11 Å². The van der Waals surface area contributed by atoms with Crippen molar-refractivity contribution in [3.05, 3.63) is 0 Å². The van der Waals surface area contributed by atoms with Crippen molar-refractivity contribution in [2.45, 2.75) is 31.3 Å². The third-order valence-corrected chi connectivity index (χ3v) is 2.52. The van der Waals surface area contributed by atoms with Crippen molar-refractivity contribution in [2.75, 3.05) is 6.54 Å². The zero-order chi connectivity index (χ0) is 7.84. The third-order valence-electron chi connectivity index (χ3n) is 2.52. The Bertz CT molecular complexity index is 183. The predicted octanol–water partition coefficient (Wildman–Crippen LogP) is -0.188. The molecule has 2 atom stereocenters. The van der Waals surface area contributed by atoms with Crippen LogP contribution in [0.1, 0.15) is 19.3 Å². The van der Waals surface area contributed by atoms with Crippen LogP contribution < -0.4 is 5.43 Å². The first-order valence-corrected chi connectivity index (χ1v) is 4.03. The number of aliphatic carboxylic acids is 1. The van der Waals surface area contributed by atoms with E-state index in [9.17, 15) is 4.79 Å². The van der Waals surface area contributed by atoms with E-state index < -0.39 is 5.97 Å². The smallest absolute Gasteiger partial charge is 0.322 e. The van der Waals surface area contributed by atoms with Crippen molar-refractivity contribution in [3.63, 3.8) is 0 Å². The van der Waals surface area contributed by atoms with Crippen LogP contribution in [-0.4, -0.2) is 34.7 Å². The molecule has 2 aliphatic heterocycles. The monoisotopic (exact) mass is 156 g/mol. The number of carboxylic acid groups (broad SMARTS) is 1. The Kier molecular flexibility index (Phi) is 1.58. The summed E-state index contributed by atoms with van der Waals surface area (Å²) in [5.74, 6) is -0.698. The zero-order valence-corrected chi connectivity index (χ0v) is 6.29. The minimum absolute atomic E-state index is 0.264. The Labute approximate surface area is 65.2 Å². The first-order chi connectivity index (χ1) is 5.29. The minimum atomic E-state index is -0.698. The molecule has 0 aliphatic carbocycles. The maximum absolute atomic E-state index is 10.6. The lowest BCUT2D eigenvalue weighted by atomic mass is 9.90. The molecule has 4 nitrogen and oxygen atoms in total. The average molecular weight is 156 g/mol. The fourth-order valence-electron chi connectivity index (χ4n) is 1.86. The molecule has 0 aromatic rings. The second kappa shape index (κ2) is 2.46. The van der Waals surface area contributed by atoms with Gasteiger partial charge in [0.15, 0.2) is 0 Å². The molecule has 0 bridgehead atoms. The molecule has 2 unspecified atom stereocenters. The molecule has 62 valence electrons. The molecule has 2 saturated heterocycles. The lowest BCUT2D eigenvalue weighted by Gasteiger charge is -2.49. The van der Waals surface area contributed by atoms with Crippen molar-refractivity contribution in [1.82, 2.24) is 10.4 Å². The highest BCUT2D eigenvalue weighted by molar-refractivity contribution is 5.74. The first kappa shape index (κ1) is 7.06. The van der Waals surface area contributed by atoms with E-state index in [1.807, 2.05) is 5.01 Å². The molecule has 2 rings (SSSR count). The van der Waals surface area contributed by atoms with Crippen molar-refractivity contribution in [3.8, 4) is 0 Å². The van der Waals surface area contributed by atoms with Gasteiger partial charge in [-0.05, 0) is 19.3 Å². The van der Waals surface area contributed by atoms with Crippen LogP contribution in [0.25, 0.3) is 0 Å². The second-order valence-corrected chi connectivity index (χ2v) is 3.20. The van der Waals surface area contributed by atoms with E-state index in [1.165, 1.54) is 6.42 Å². The molecule has 2 aliphatic rings. The second-order valence-electron chi connectivity index (χ2n) is 3.20. The van der Waals surface area contributed by atoms with Gasteiger partial charge in [0.1, 0.15) is 6.04 Å². The lowest BCUT2D eigenvalue weighted by molar-refractivity contribution is -0.159. The normalized spacial score (nSPS) is 37.5. The highest BCUT2D eigenvalue weighted by atomic mass is 16.4. The summed E-state index contributed by atoms with van der Waals surface area (Å²) >= 11 is 0. The Morgan fingerprint density at radius 1 is 1.64 bits per heavy atom. The summed E-state index contributed by atoms with van der Waals surface area (Å²) in [7, 11) is 0. The van der Waals surface area contributed by atoms with Crippen molar-refractivity contribution < 1.29 is 9.90 Å². The van der Waals surface area contributed by atoms with Crippen LogP contribution in [0.15, 0.2) is 0 Å². The number of rotatable bonds is 1. The van der Waals surface area contributed by atoms with Crippen LogP contribution in [0.3, 0.4) is 0 Å². The summed E-state index contributed by atoms with van der Waals surface area (Å²) in [5, 5.41) is 10.6. The summed E-state index contributed by atoms with van der Waals surface area (Å²) in [5.41, 5.74) is 3.10. The van der Waals surface area contributed by atoms with Gasteiger partial charge >= 0.3 is 5.97 Å². The number of carbonyl (C=O) groups is 1. The van der Waals surface area contributed by atoms with Gasteiger partial charge in [-0.15, -0.1) is 0 Å². The van der Waals surface area contributed by atoms with Crippen LogP contribution in [0.5, 0.6) is 0 Å². The fourth-order valence-corrected chi connectivity index (χ4v) is 1.86. The van der Waals surface area contributed by atoms with E-state index >= 15 is 0 Å². The van der Waals surface area contributed by atoms with Crippen LogP contribution in [0.2, 0.25) is 0 Å². The number of hydrogen-bond donors (Lipinski definition) is 2. The number of nitrogens with zero attached hydrogens (tertiary/aromatic N) is 1. The summed E-state index contributed by atoms with van der Waals surface area (Å²) in [6.07, 6.45) is 3.15. The van der Waals surface area contributed by atoms with E-state index in [2.05, 4.69) is 5.43 Å². The van der Waals surface area contributed by atoms with Gasteiger partial charge in [0.05, 0.1) is 0 Å². The summed E-state index contributed by atoms with van der Waals surface area (Å²) in [6, 6.07) is 0.227. The SMILES string of the molecule is O=C(O)C1CC2CCCNN21. The van der Waals surface area contributed by atoms with Crippen LogP contribution >= 0.6 is 0 Å². The van der Waals surface area contributed by atoms with Crippen LogP contribution in [-0.2, 0) is 4.79 Å². The third kappa shape index (κ3) is 1.02. The quantitative estimate of drug-likeness (QED) is 0.552. The topological polar surface area (TPSA) is 52.6 Å². The molecule has 2 fully saturated rings. The molecular formula is C7H12N2O2. The van der Waals surface area contributed by atoms with Gasteiger partial charge in [-0.3, -0.25) is 10.2 Å². The standard InChI is InChI=1S/C7H12N2O2/c10-7(11)6-4-5-2-1-3-8-9(5)6/h5-6,8H,1-4H2,(H,10,11). The summed E-state index contributed by atoms with van der Waals surface area (Å²) < 4.78 is 0. The Balaban J connectivity index is 1.96. The van der Waals surface area contributed by atoms with Gasteiger partial charge in [0, 0.05) is 12.6 Å². The number of hydrogen-bond acceptors (Lipinski definition) is 3. The molecule has 0 aromatic carbocycles. The predicted molar refractivity (Wildman–Crippen MR) is 38.9 cm³/mol. The van der Waals surface area contributed by atoms with Crippen LogP contribution in [0.4, 0.5) is 0 Å². The molecule has 11 heavy (non-hydrogen) atoms. The number of nitrogens with one attached hydrogen (secondary N) is 1. The van der Waals surface area contributed by atoms with Crippen molar-refractivity contribution in [1.29, 1.82) is 0 Å². The Hall–Kier alpha value is -0.610. The summed E-state index contributed by atoms with van der Waals surface area (Å²) in [6.45, 7) is 0.931. The fraction of sp³-hybridized carbons (Fsp3) is 0.857. The number of carboxylic acids is 1. The molecule has 0 saturated carbocycles. The first-order valence-electron chi connectivity index (χ1n) is 4.03. The highest BCUT2D eigenvalue weighted by Gasteiger charge is 2.43. The van der Waals surface area contributed by atoms with Crippen molar-refractivity contribution >= 4 is 5.97 Å². The molecular weight excluding hydrogens is 144 g/mol. The molecule has 2 heterocycles. The van der Waals surface area contributed by atoms with Crippen molar-refractivity contribution in [2.24, 2.45) is 0 Å². The Morgan fingerprint density at radius 2 is 2.45 bits per heavy atom. The van der Waals surface area contributed by atoms with Gasteiger partial charge in [-0.2, -0.15) is 0 Å². The van der Waals surface area contributed by atoms with Gasteiger partial charge in [0.2, 0.25) is 0 Å². The van der Waals surface area contributed by atoms with E-state index in [0.717, 1.165) is 19.4 Å². The van der Waals surface area contributed by atoms with E-state index in [-0.39, 0.29) is 6.04 Å². The maximum Gasteiger partial charge on any atom is 0.322 e. The van der Waals surface area contributed by atoms with E-state index in [0.29, 0.717) is 6.04 Å². The van der Waals surface area contributed by atoms with Gasteiger partial charge in [-0.1, -0.05) is 0 Å². The average Bonchev–Trinajstić information content (AvgIpc) is 1.90. The molecule has 0 aromatic heterocycles. The Morgan fingerprint density at radius 3 is 3.09 bits per heavy atom. The van der Waals surface area contributed by atoms with Gasteiger partial charge in [0.25, 0.3) is 0 Å². The largest absolute Gasteiger partial charge is 0.480 e. The summed E-state index contributed by atoms with van der Waals surface area (Å²) in [4.78, 5) is 10.6. The van der Waals surface area contributed by atoms with Crippen LogP contribution in [0, 0.1) is 0 Å². The lowest BCUT2D eigenvalue weighted by Crippen LogP contribution is -2.67. The number of hydrazine groups is 1. The molecule has 4 heteroatoms. The van der Waals surface area contributed by atoms with E-state index in [4.69, 9.17) is 5.11 Å². The molecule has 0 spiro atoms. The van der Waals surface area contributed by atoms with E-state index in [1.54, 1.807) is 0 Å². The minimum Gasteiger partial charge on any atom is -0.480 e. The number of fused-ring (bicyclic) bond motifs is 1. The highest BCUT2D eigenvalue weighted by Crippen LogP contribution is 2.29. The zero-order valence-electron chi connectivity index (χ0n) is 6.29. The van der Waals surface area contributed by atoms with Gasteiger partial charge in [-0.25, -0.2) is 5.01 Å².